The van der Waals surface area contributed by atoms with Crippen molar-refractivity contribution in [2.45, 2.75) is 18.6 Å². The highest BCUT2D eigenvalue weighted by Gasteiger charge is 2.34. The third-order valence-corrected chi connectivity index (χ3v) is 5.58. The molecule has 3 aliphatic rings. The van der Waals surface area contributed by atoms with Gasteiger partial charge in [-0.05, 0) is 16.7 Å². The minimum atomic E-state index is 0.466. The normalized spacial score (nSPS) is 24.7. The van der Waals surface area contributed by atoms with E-state index in [0.29, 0.717) is 18.6 Å². The van der Waals surface area contributed by atoms with Gasteiger partial charge < -0.3 is 15.0 Å². The Labute approximate surface area is 148 Å². The second-order valence-electron chi connectivity index (χ2n) is 7.00. The zero-order valence-corrected chi connectivity index (χ0v) is 14.2. The Kier molecular flexibility index (Phi) is 3.60. The van der Waals surface area contributed by atoms with E-state index < -0.39 is 0 Å². The van der Waals surface area contributed by atoms with Crippen LogP contribution < -0.4 is 5.32 Å². The van der Waals surface area contributed by atoms with Gasteiger partial charge in [-0.1, -0.05) is 60.7 Å². The van der Waals surface area contributed by atoms with Gasteiger partial charge in [0.25, 0.3) is 0 Å². The van der Waals surface area contributed by atoms with Crippen molar-refractivity contribution >= 4 is 5.57 Å². The summed E-state index contributed by atoms with van der Waals surface area (Å²) in [5.41, 5.74) is 5.27. The van der Waals surface area contributed by atoms with Gasteiger partial charge in [0, 0.05) is 43.4 Å². The quantitative estimate of drug-likeness (QED) is 0.912. The molecule has 25 heavy (non-hydrogen) atoms. The third-order valence-electron chi connectivity index (χ3n) is 5.58. The van der Waals surface area contributed by atoms with Crippen molar-refractivity contribution in [1.29, 1.82) is 0 Å². The van der Waals surface area contributed by atoms with Crippen LogP contribution in [0, 0.1) is 0 Å². The second kappa shape index (κ2) is 6.08. The SMILES string of the molecule is C1=C2OCc3ccccc3C2=CCN1[C@@H]1CNC[C@H]1c1ccccc1. The first-order valence-corrected chi connectivity index (χ1v) is 9.05. The maximum absolute atomic E-state index is 6.07. The van der Waals surface area contributed by atoms with E-state index in [1.807, 2.05) is 0 Å². The molecule has 1 N–H and O–H groups in total. The van der Waals surface area contributed by atoms with E-state index in [-0.39, 0.29) is 0 Å². The molecular formula is C22H22N2O. The van der Waals surface area contributed by atoms with Gasteiger partial charge in [-0.3, -0.25) is 0 Å². The number of hydrogen-bond acceptors (Lipinski definition) is 3. The predicted octanol–water partition coefficient (Wildman–Crippen LogP) is 3.51. The van der Waals surface area contributed by atoms with Crippen LogP contribution in [0.4, 0.5) is 0 Å². The van der Waals surface area contributed by atoms with Gasteiger partial charge in [0.2, 0.25) is 0 Å². The van der Waals surface area contributed by atoms with Crippen LogP contribution >= 0.6 is 0 Å². The molecule has 126 valence electrons. The van der Waals surface area contributed by atoms with E-state index in [1.54, 1.807) is 0 Å². The van der Waals surface area contributed by atoms with Gasteiger partial charge in [-0.25, -0.2) is 0 Å². The molecule has 2 atom stereocenters. The first-order chi connectivity index (χ1) is 12.4. The first kappa shape index (κ1) is 14.8. The predicted molar refractivity (Wildman–Crippen MR) is 99.8 cm³/mol. The maximum atomic E-state index is 6.07. The summed E-state index contributed by atoms with van der Waals surface area (Å²) < 4.78 is 6.07. The van der Waals surface area contributed by atoms with E-state index in [1.165, 1.54) is 22.3 Å². The highest BCUT2D eigenvalue weighted by atomic mass is 16.5. The van der Waals surface area contributed by atoms with Gasteiger partial charge in [0.1, 0.15) is 12.4 Å². The van der Waals surface area contributed by atoms with Gasteiger partial charge in [0.15, 0.2) is 0 Å². The van der Waals surface area contributed by atoms with Gasteiger partial charge in [0.05, 0.1) is 0 Å². The first-order valence-electron chi connectivity index (χ1n) is 9.05. The Bertz CT molecular complexity index is 840. The van der Waals surface area contributed by atoms with Crippen LogP contribution in [0.5, 0.6) is 0 Å². The molecule has 1 fully saturated rings. The standard InChI is InChI=1S/C22H22N2O/c1-2-6-16(7-3-1)20-12-23-13-21(20)24-11-10-19-18-9-5-4-8-17(18)15-25-22(19)14-24/h1-10,14,20-21,23H,11-13,15H2/t20-,21+/m0/s1. The molecular weight excluding hydrogens is 308 g/mol. The molecule has 0 bridgehead atoms. The molecule has 5 rings (SSSR count). The van der Waals surface area contributed by atoms with E-state index >= 15 is 0 Å². The molecule has 0 saturated carbocycles. The lowest BCUT2D eigenvalue weighted by atomic mass is 9.91. The smallest absolute Gasteiger partial charge is 0.143 e. The fourth-order valence-corrected chi connectivity index (χ4v) is 4.28. The number of nitrogens with one attached hydrogen (secondary N) is 1. The summed E-state index contributed by atoms with van der Waals surface area (Å²) in [4.78, 5) is 2.45. The molecule has 3 heterocycles. The lowest BCUT2D eigenvalue weighted by Crippen LogP contribution is -2.38. The average molecular weight is 330 g/mol. The fourth-order valence-electron chi connectivity index (χ4n) is 4.28. The molecule has 0 amide bonds. The Balaban J connectivity index is 1.43. The fraction of sp³-hybridized carbons (Fsp3) is 0.273. The Hall–Kier alpha value is -2.52. The van der Waals surface area contributed by atoms with Crippen molar-refractivity contribution < 1.29 is 4.74 Å². The van der Waals surface area contributed by atoms with E-state index in [9.17, 15) is 0 Å². The van der Waals surface area contributed by atoms with Crippen LogP contribution in [-0.2, 0) is 11.3 Å². The average Bonchev–Trinajstić information content (AvgIpc) is 3.18. The lowest BCUT2D eigenvalue weighted by Gasteiger charge is -2.36. The van der Waals surface area contributed by atoms with Crippen LogP contribution in [0.2, 0.25) is 0 Å². The molecule has 3 heteroatoms. The van der Waals surface area contributed by atoms with Crippen LogP contribution in [0.3, 0.4) is 0 Å². The van der Waals surface area contributed by atoms with Crippen LogP contribution in [0.15, 0.2) is 72.6 Å². The summed E-state index contributed by atoms with van der Waals surface area (Å²) in [6, 6.07) is 19.9. The molecule has 2 aromatic carbocycles. The van der Waals surface area contributed by atoms with Crippen molar-refractivity contribution in [3.05, 3.63) is 89.3 Å². The largest absolute Gasteiger partial charge is 0.487 e. The molecule has 3 nitrogen and oxygen atoms in total. The molecule has 0 radical (unpaired) electrons. The monoisotopic (exact) mass is 330 g/mol. The molecule has 2 aromatic rings. The van der Waals surface area contributed by atoms with Crippen molar-refractivity contribution in [3.8, 4) is 0 Å². The maximum Gasteiger partial charge on any atom is 0.143 e. The Morgan fingerprint density at radius 3 is 2.72 bits per heavy atom. The molecule has 3 aliphatic heterocycles. The number of rotatable bonds is 2. The molecule has 1 saturated heterocycles. The highest BCUT2D eigenvalue weighted by molar-refractivity contribution is 5.81. The van der Waals surface area contributed by atoms with Crippen LogP contribution in [-0.4, -0.2) is 30.6 Å². The number of hydrogen-bond donors (Lipinski definition) is 1. The number of fused-ring (bicyclic) bond motifs is 3. The van der Waals surface area contributed by atoms with E-state index in [2.05, 4.69) is 77.1 Å². The van der Waals surface area contributed by atoms with Gasteiger partial charge in [-0.15, -0.1) is 0 Å². The summed E-state index contributed by atoms with van der Waals surface area (Å²) in [5, 5.41) is 3.57. The summed E-state index contributed by atoms with van der Waals surface area (Å²) in [6.45, 7) is 3.65. The number of benzene rings is 2. The van der Waals surface area contributed by atoms with Crippen molar-refractivity contribution in [2.75, 3.05) is 19.6 Å². The topological polar surface area (TPSA) is 24.5 Å². The summed E-state index contributed by atoms with van der Waals surface area (Å²) in [7, 11) is 0. The lowest BCUT2D eigenvalue weighted by molar-refractivity contribution is 0.188. The number of allylic oxidation sites excluding steroid dienone is 1. The number of nitrogens with zero attached hydrogens (tertiary/aromatic N) is 1. The number of ether oxygens (including phenoxy) is 1. The molecule has 0 spiro atoms. The van der Waals surface area contributed by atoms with Crippen LogP contribution in [0.1, 0.15) is 22.6 Å². The second-order valence-corrected chi connectivity index (χ2v) is 7.00. The minimum Gasteiger partial charge on any atom is -0.487 e. The van der Waals surface area contributed by atoms with Crippen molar-refractivity contribution in [1.82, 2.24) is 10.2 Å². The van der Waals surface area contributed by atoms with Gasteiger partial charge >= 0.3 is 0 Å². The zero-order valence-electron chi connectivity index (χ0n) is 14.2. The zero-order chi connectivity index (χ0) is 16.6. The summed E-state index contributed by atoms with van der Waals surface area (Å²) >= 11 is 0. The third kappa shape index (κ3) is 2.56. The highest BCUT2D eigenvalue weighted by Crippen LogP contribution is 2.37. The summed E-state index contributed by atoms with van der Waals surface area (Å²) in [6.07, 6.45) is 4.56. The molecule has 0 unspecified atom stereocenters. The van der Waals surface area contributed by atoms with E-state index in [0.717, 1.165) is 25.4 Å². The van der Waals surface area contributed by atoms with Crippen molar-refractivity contribution in [3.63, 3.8) is 0 Å². The molecule has 0 aromatic heterocycles. The minimum absolute atomic E-state index is 0.466. The van der Waals surface area contributed by atoms with Crippen LogP contribution in [0.25, 0.3) is 5.57 Å². The van der Waals surface area contributed by atoms with E-state index in [4.69, 9.17) is 4.74 Å². The van der Waals surface area contributed by atoms with Gasteiger partial charge in [-0.2, -0.15) is 0 Å². The Morgan fingerprint density at radius 1 is 0.960 bits per heavy atom. The summed E-state index contributed by atoms with van der Waals surface area (Å²) in [5.74, 6) is 1.53. The van der Waals surface area contributed by atoms with Crippen molar-refractivity contribution in [2.24, 2.45) is 0 Å². The Morgan fingerprint density at radius 2 is 1.80 bits per heavy atom. The molecule has 0 aliphatic carbocycles.